The largest absolute Gasteiger partial charge is 0.396 e. The summed E-state index contributed by atoms with van der Waals surface area (Å²) in [5, 5.41) is 28.4. The first kappa shape index (κ1) is 21.5. The van der Waals surface area contributed by atoms with Crippen LogP contribution >= 0.6 is 11.8 Å². The van der Waals surface area contributed by atoms with Crippen molar-refractivity contribution in [1.29, 1.82) is 5.26 Å². The van der Waals surface area contributed by atoms with E-state index in [9.17, 15) is 14.8 Å². The van der Waals surface area contributed by atoms with E-state index < -0.39 is 5.82 Å². The van der Waals surface area contributed by atoms with Crippen LogP contribution in [0.25, 0.3) is 16.6 Å². The molecule has 0 radical (unpaired) electrons. The molecule has 0 spiro atoms. The third kappa shape index (κ3) is 3.96. The molecule has 0 unspecified atom stereocenters. The van der Waals surface area contributed by atoms with E-state index in [0.29, 0.717) is 10.6 Å². The number of hydrogen-bond acceptors (Lipinski definition) is 6. The summed E-state index contributed by atoms with van der Waals surface area (Å²) in [7, 11) is 0. The van der Waals surface area contributed by atoms with Crippen molar-refractivity contribution in [3.05, 3.63) is 59.9 Å². The van der Waals surface area contributed by atoms with Gasteiger partial charge in [0.05, 0.1) is 35.8 Å². The average molecular weight is 463 g/mol. The zero-order valence-electron chi connectivity index (χ0n) is 18.1. The molecule has 7 nitrogen and oxygen atoms in total. The van der Waals surface area contributed by atoms with Crippen LogP contribution in [-0.2, 0) is 0 Å². The Bertz CT molecular complexity index is 1380. The van der Waals surface area contributed by atoms with Crippen LogP contribution in [0.15, 0.2) is 52.6 Å². The van der Waals surface area contributed by atoms with Gasteiger partial charge in [-0.2, -0.15) is 15.5 Å². The molecule has 0 aliphatic heterocycles. The number of anilines is 1. The standard InChI is InChI=1S/C24H23FN6OS/c1-14-20(11-29-31(14)18-3-5-19(32)6-4-18)16-9-23(24-21(27)12-28-30(24)13-16)33-22-7-2-17(25)8-15(22)10-26/h2,7-9,11-13,18-19,32H,3-6,27H2,1H3/t18-,19+. The molecule has 1 fully saturated rings. The van der Waals surface area contributed by atoms with Crippen molar-refractivity contribution >= 4 is 23.0 Å². The van der Waals surface area contributed by atoms with Gasteiger partial charge in [-0.05, 0) is 56.9 Å². The Balaban J connectivity index is 1.57. The molecule has 0 atom stereocenters. The predicted octanol–water partition coefficient (Wildman–Crippen LogP) is 4.73. The van der Waals surface area contributed by atoms with Gasteiger partial charge < -0.3 is 10.8 Å². The summed E-state index contributed by atoms with van der Waals surface area (Å²) in [5.74, 6) is -0.447. The number of aliphatic hydroxyl groups excluding tert-OH is 1. The van der Waals surface area contributed by atoms with Crippen LogP contribution < -0.4 is 5.73 Å². The Kier molecular flexibility index (Phi) is 5.56. The Hall–Kier alpha value is -3.35. The minimum Gasteiger partial charge on any atom is -0.396 e. The number of aliphatic hydroxyl groups is 1. The van der Waals surface area contributed by atoms with Gasteiger partial charge in [-0.1, -0.05) is 11.8 Å². The summed E-state index contributed by atoms with van der Waals surface area (Å²) in [6.45, 7) is 2.05. The van der Waals surface area contributed by atoms with E-state index >= 15 is 0 Å². The van der Waals surface area contributed by atoms with Gasteiger partial charge in [0.25, 0.3) is 0 Å². The number of fused-ring (bicyclic) bond motifs is 1. The lowest BCUT2D eigenvalue weighted by molar-refractivity contribution is 0.107. The van der Waals surface area contributed by atoms with Gasteiger partial charge in [0.15, 0.2) is 0 Å². The summed E-state index contributed by atoms with van der Waals surface area (Å²) in [4.78, 5) is 1.46. The van der Waals surface area contributed by atoms with Crippen LogP contribution in [0.2, 0.25) is 0 Å². The highest BCUT2D eigenvalue weighted by molar-refractivity contribution is 7.99. The first-order valence-electron chi connectivity index (χ1n) is 10.8. The van der Waals surface area contributed by atoms with Crippen molar-refractivity contribution in [1.82, 2.24) is 19.4 Å². The highest BCUT2D eigenvalue weighted by Gasteiger charge is 2.24. The number of aromatic nitrogens is 4. The maximum absolute atomic E-state index is 13.6. The molecular weight excluding hydrogens is 439 g/mol. The molecule has 33 heavy (non-hydrogen) atoms. The zero-order valence-corrected chi connectivity index (χ0v) is 18.9. The minimum atomic E-state index is -0.447. The molecule has 3 aromatic heterocycles. The number of nitrogens with zero attached hydrogens (tertiary/aromatic N) is 5. The van der Waals surface area contributed by atoms with Crippen LogP contribution in [0.4, 0.5) is 10.1 Å². The number of benzene rings is 1. The van der Waals surface area contributed by atoms with Crippen molar-refractivity contribution in [2.45, 2.75) is 54.5 Å². The molecular formula is C24H23FN6OS. The molecule has 1 aliphatic rings. The first-order valence-corrected chi connectivity index (χ1v) is 11.6. The van der Waals surface area contributed by atoms with Gasteiger partial charge in [0.2, 0.25) is 0 Å². The summed E-state index contributed by atoms with van der Waals surface area (Å²) >= 11 is 1.36. The lowest BCUT2D eigenvalue weighted by Gasteiger charge is -2.26. The van der Waals surface area contributed by atoms with E-state index in [-0.39, 0.29) is 17.7 Å². The number of pyridine rings is 1. The molecule has 1 aliphatic carbocycles. The van der Waals surface area contributed by atoms with Gasteiger partial charge in [0.1, 0.15) is 17.4 Å². The normalized spacial score (nSPS) is 18.5. The van der Waals surface area contributed by atoms with Crippen molar-refractivity contribution in [2.24, 2.45) is 0 Å². The Labute approximate surface area is 194 Å². The highest BCUT2D eigenvalue weighted by atomic mass is 32.2. The van der Waals surface area contributed by atoms with Crippen molar-refractivity contribution in [3.63, 3.8) is 0 Å². The monoisotopic (exact) mass is 462 g/mol. The zero-order chi connectivity index (χ0) is 23.1. The van der Waals surface area contributed by atoms with Crippen LogP contribution in [0.3, 0.4) is 0 Å². The van der Waals surface area contributed by atoms with E-state index in [4.69, 9.17) is 5.73 Å². The van der Waals surface area contributed by atoms with Gasteiger partial charge >= 0.3 is 0 Å². The molecule has 5 rings (SSSR count). The smallest absolute Gasteiger partial charge is 0.124 e. The molecule has 0 bridgehead atoms. The van der Waals surface area contributed by atoms with Crippen molar-refractivity contribution < 1.29 is 9.50 Å². The summed E-state index contributed by atoms with van der Waals surface area (Å²) in [5.41, 5.74) is 10.7. The molecule has 168 valence electrons. The number of nitrogen functional groups attached to an aromatic ring is 1. The molecule has 0 amide bonds. The second-order valence-corrected chi connectivity index (χ2v) is 9.47. The van der Waals surface area contributed by atoms with E-state index in [2.05, 4.69) is 27.9 Å². The molecule has 3 heterocycles. The topological polar surface area (TPSA) is 105 Å². The third-order valence-electron chi connectivity index (χ3n) is 6.25. The maximum atomic E-state index is 13.6. The van der Waals surface area contributed by atoms with Gasteiger partial charge in [-0.3, -0.25) is 4.68 Å². The van der Waals surface area contributed by atoms with Crippen LogP contribution in [-0.4, -0.2) is 30.6 Å². The van der Waals surface area contributed by atoms with Gasteiger partial charge in [0, 0.05) is 32.8 Å². The van der Waals surface area contributed by atoms with Crippen molar-refractivity contribution in [3.8, 4) is 17.2 Å². The van der Waals surface area contributed by atoms with E-state index in [0.717, 1.165) is 52.9 Å². The molecule has 0 saturated heterocycles. The summed E-state index contributed by atoms with van der Waals surface area (Å²) in [6, 6.07) is 8.54. The number of nitriles is 1. The second-order valence-electron chi connectivity index (χ2n) is 8.39. The fourth-order valence-corrected chi connectivity index (χ4v) is 5.59. The molecule has 1 saturated carbocycles. The van der Waals surface area contributed by atoms with Crippen LogP contribution in [0, 0.1) is 24.1 Å². The lowest BCUT2D eigenvalue weighted by atomic mass is 9.93. The quantitative estimate of drug-likeness (QED) is 0.454. The van der Waals surface area contributed by atoms with Gasteiger partial charge in [-0.15, -0.1) is 0 Å². The molecule has 3 N–H and O–H groups in total. The SMILES string of the molecule is Cc1c(-c2cc(Sc3ccc(F)cc3C#N)c3c(N)cnn3c2)cnn1[C@H]1CC[C@@H](O)CC1. The Morgan fingerprint density at radius 3 is 2.70 bits per heavy atom. The van der Waals surface area contributed by atoms with Crippen molar-refractivity contribution in [2.75, 3.05) is 5.73 Å². The van der Waals surface area contributed by atoms with Crippen LogP contribution in [0.1, 0.15) is 43.0 Å². The van der Waals surface area contributed by atoms with Gasteiger partial charge in [-0.25, -0.2) is 8.91 Å². The fourth-order valence-electron chi connectivity index (χ4n) is 4.51. The Morgan fingerprint density at radius 2 is 1.94 bits per heavy atom. The van der Waals surface area contributed by atoms with E-state index in [1.54, 1.807) is 16.8 Å². The fraction of sp³-hybridized carbons (Fsp3) is 0.292. The highest BCUT2D eigenvalue weighted by Crippen LogP contribution is 2.39. The number of hydrogen-bond donors (Lipinski definition) is 2. The lowest BCUT2D eigenvalue weighted by Crippen LogP contribution is -2.22. The first-order chi connectivity index (χ1) is 15.9. The third-order valence-corrected chi connectivity index (χ3v) is 7.36. The minimum absolute atomic E-state index is 0.214. The van der Waals surface area contributed by atoms with E-state index in [1.807, 2.05) is 18.5 Å². The maximum Gasteiger partial charge on any atom is 0.124 e. The summed E-state index contributed by atoms with van der Waals surface area (Å²) < 4.78 is 17.4. The van der Waals surface area contributed by atoms with Crippen LogP contribution in [0.5, 0.6) is 0 Å². The Morgan fingerprint density at radius 1 is 1.15 bits per heavy atom. The number of halogens is 1. The second kappa shape index (κ2) is 8.54. The number of nitrogens with two attached hydrogens (primary N) is 1. The number of rotatable bonds is 4. The summed E-state index contributed by atoms with van der Waals surface area (Å²) in [6.07, 6.45) is 8.55. The molecule has 4 aromatic rings. The molecule has 9 heteroatoms. The predicted molar refractivity (Wildman–Crippen MR) is 124 cm³/mol. The van der Waals surface area contributed by atoms with E-state index in [1.165, 1.54) is 23.9 Å². The average Bonchev–Trinajstić information content (AvgIpc) is 3.38. The molecule has 1 aromatic carbocycles.